The summed E-state index contributed by atoms with van der Waals surface area (Å²) >= 11 is 0. The highest BCUT2D eigenvalue weighted by Gasteiger charge is 2.19. The van der Waals surface area contributed by atoms with Gasteiger partial charge in [-0.3, -0.25) is 14.4 Å². The molecule has 0 aliphatic heterocycles. The predicted molar refractivity (Wildman–Crippen MR) is 283 cm³/mol. The fourth-order valence-corrected chi connectivity index (χ4v) is 6.79. The van der Waals surface area contributed by atoms with Gasteiger partial charge in [0, 0.05) is 19.3 Å². The molecule has 1 unspecified atom stereocenters. The van der Waals surface area contributed by atoms with Gasteiger partial charge in [0.1, 0.15) is 13.2 Å². The highest BCUT2D eigenvalue weighted by atomic mass is 16.6. The largest absolute Gasteiger partial charge is 0.462 e. The molecule has 0 heterocycles. The summed E-state index contributed by atoms with van der Waals surface area (Å²) in [5.74, 6) is -0.956. The maximum atomic E-state index is 12.7. The standard InChI is InChI=1S/C60H96O6/c1-4-7-10-13-16-18-20-22-23-24-25-26-27-28-29-30-31-32-33-34-35-36-37-39-40-42-44-47-50-53-59(62)65-56-57(55-64-58(61)52-49-46-15-12-9-6-3)66-60(63)54-51-48-45-43-41-38-21-19-17-14-11-8-5-2/h7-8,10-11,16-19,22-23,25-26,28-29,31-32,34-35,38,41,57H,4-6,9,12-15,20-21,24,27,30,33,36-37,39-40,42-56H2,1-3H3/b10-7-,11-8-,18-16-,19-17-,23-22-,26-25-,29-28-,32-31-,35-34-,41-38-. The van der Waals surface area contributed by atoms with E-state index in [0.717, 1.165) is 135 Å². The smallest absolute Gasteiger partial charge is 0.306 e. The predicted octanol–water partition coefficient (Wildman–Crippen LogP) is 17.7. The number of carbonyl (C=O) groups excluding carboxylic acids is 3. The van der Waals surface area contributed by atoms with E-state index >= 15 is 0 Å². The molecule has 6 heteroatoms. The number of unbranched alkanes of at least 4 members (excludes halogenated alkanes) is 15. The molecule has 0 bridgehead atoms. The lowest BCUT2D eigenvalue weighted by molar-refractivity contribution is -0.167. The van der Waals surface area contributed by atoms with Crippen molar-refractivity contribution >= 4 is 17.9 Å². The number of hydrogen-bond acceptors (Lipinski definition) is 6. The van der Waals surface area contributed by atoms with Crippen LogP contribution in [0.25, 0.3) is 0 Å². The number of allylic oxidation sites excluding steroid dienone is 20. The molecule has 0 aromatic rings. The molecule has 0 amide bonds. The number of esters is 3. The second kappa shape index (κ2) is 53.4. The first-order chi connectivity index (χ1) is 32.5. The summed E-state index contributed by atoms with van der Waals surface area (Å²) in [6, 6.07) is 0. The minimum Gasteiger partial charge on any atom is -0.462 e. The summed E-state index contributed by atoms with van der Waals surface area (Å²) in [6.45, 7) is 6.29. The van der Waals surface area contributed by atoms with Gasteiger partial charge in [-0.1, -0.05) is 213 Å². The first-order valence-electron chi connectivity index (χ1n) is 26.5. The lowest BCUT2D eigenvalue weighted by atomic mass is 10.1. The molecule has 0 aromatic heterocycles. The quantitative estimate of drug-likeness (QED) is 0.0262. The van der Waals surface area contributed by atoms with Crippen LogP contribution >= 0.6 is 0 Å². The summed E-state index contributed by atoms with van der Waals surface area (Å²) < 4.78 is 16.6. The van der Waals surface area contributed by atoms with Crippen LogP contribution in [0.15, 0.2) is 122 Å². The molecule has 66 heavy (non-hydrogen) atoms. The van der Waals surface area contributed by atoms with E-state index in [4.69, 9.17) is 14.2 Å². The molecule has 0 spiro atoms. The van der Waals surface area contributed by atoms with Crippen LogP contribution in [0.3, 0.4) is 0 Å². The third kappa shape index (κ3) is 50.8. The van der Waals surface area contributed by atoms with Crippen LogP contribution in [0.4, 0.5) is 0 Å². The van der Waals surface area contributed by atoms with Crippen LogP contribution in [-0.4, -0.2) is 37.2 Å². The lowest BCUT2D eigenvalue weighted by Gasteiger charge is -2.18. The molecule has 0 radical (unpaired) electrons. The number of hydrogen-bond donors (Lipinski definition) is 0. The van der Waals surface area contributed by atoms with Crippen LogP contribution < -0.4 is 0 Å². The molecule has 0 rings (SSSR count). The molecule has 6 nitrogen and oxygen atoms in total. The van der Waals surface area contributed by atoms with Gasteiger partial charge in [0.2, 0.25) is 0 Å². The Balaban J connectivity index is 4.19. The van der Waals surface area contributed by atoms with E-state index in [1.165, 1.54) is 44.9 Å². The van der Waals surface area contributed by atoms with Gasteiger partial charge in [0.25, 0.3) is 0 Å². The zero-order valence-electron chi connectivity index (χ0n) is 42.4. The molecule has 1 atom stereocenters. The Labute approximate surface area is 405 Å². The number of carbonyl (C=O) groups is 3. The Kier molecular flexibility index (Phi) is 50.0. The summed E-state index contributed by atoms with van der Waals surface area (Å²) in [5.41, 5.74) is 0. The van der Waals surface area contributed by atoms with Gasteiger partial charge in [0.15, 0.2) is 6.10 Å². The molecule has 0 saturated heterocycles. The molecule has 0 aromatic carbocycles. The summed E-state index contributed by atoms with van der Waals surface area (Å²) in [4.78, 5) is 37.7. The summed E-state index contributed by atoms with van der Waals surface area (Å²) in [5, 5.41) is 0. The van der Waals surface area contributed by atoms with E-state index in [1.807, 2.05) is 0 Å². The maximum absolute atomic E-state index is 12.7. The summed E-state index contributed by atoms with van der Waals surface area (Å²) in [7, 11) is 0. The monoisotopic (exact) mass is 913 g/mol. The normalized spacial score (nSPS) is 13.1. The second-order valence-corrected chi connectivity index (χ2v) is 17.0. The van der Waals surface area contributed by atoms with Crippen LogP contribution in [0.5, 0.6) is 0 Å². The first-order valence-corrected chi connectivity index (χ1v) is 26.5. The average Bonchev–Trinajstić information content (AvgIpc) is 3.31. The Morgan fingerprint density at radius 1 is 0.318 bits per heavy atom. The SMILES string of the molecule is CC/C=C\C/C=C\C/C=C\C/C=C\C/C=C\C/C=C\C/C=C\CCCCCCCCCC(=O)OCC(COC(=O)CCCCCCCC)OC(=O)CCCCC/C=C\C/C=C\C/C=C\CC. The van der Waals surface area contributed by atoms with Crippen molar-refractivity contribution in [3.8, 4) is 0 Å². The number of ether oxygens (including phenoxy) is 3. The van der Waals surface area contributed by atoms with Gasteiger partial charge in [0.05, 0.1) is 0 Å². The van der Waals surface area contributed by atoms with E-state index in [2.05, 4.69) is 142 Å². The van der Waals surface area contributed by atoms with Crippen molar-refractivity contribution in [3.63, 3.8) is 0 Å². The third-order valence-electron chi connectivity index (χ3n) is 10.7. The van der Waals surface area contributed by atoms with E-state index in [0.29, 0.717) is 12.8 Å². The minimum absolute atomic E-state index is 0.0961. The van der Waals surface area contributed by atoms with E-state index < -0.39 is 6.10 Å². The van der Waals surface area contributed by atoms with Crippen molar-refractivity contribution in [1.29, 1.82) is 0 Å². The fraction of sp³-hybridized carbons (Fsp3) is 0.617. The zero-order valence-corrected chi connectivity index (χ0v) is 42.4. The Morgan fingerprint density at radius 2 is 0.591 bits per heavy atom. The van der Waals surface area contributed by atoms with Crippen molar-refractivity contribution in [3.05, 3.63) is 122 Å². The van der Waals surface area contributed by atoms with Crippen LogP contribution in [0.2, 0.25) is 0 Å². The van der Waals surface area contributed by atoms with Crippen LogP contribution in [0, 0.1) is 0 Å². The average molecular weight is 913 g/mol. The number of rotatable bonds is 46. The van der Waals surface area contributed by atoms with Gasteiger partial charge in [-0.15, -0.1) is 0 Å². The minimum atomic E-state index is -0.796. The zero-order chi connectivity index (χ0) is 47.9. The van der Waals surface area contributed by atoms with Crippen molar-refractivity contribution in [2.75, 3.05) is 13.2 Å². The van der Waals surface area contributed by atoms with E-state index in [1.54, 1.807) is 0 Å². The van der Waals surface area contributed by atoms with Gasteiger partial charge >= 0.3 is 17.9 Å². The first kappa shape index (κ1) is 61.8. The van der Waals surface area contributed by atoms with E-state index in [-0.39, 0.29) is 37.5 Å². The molecule has 0 aliphatic rings. The van der Waals surface area contributed by atoms with Crippen LogP contribution in [-0.2, 0) is 28.6 Å². The molecule has 0 aliphatic carbocycles. The van der Waals surface area contributed by atoms with Crippen molar-refractivity contribution in [1.82, 2.24) is 0 Å². The molecule has 372 valence electrons. The highest BCUT2D eigenvalue weighted by molar-refractivity contribution is 5.71. The van der Waals surface area contributed by atoms with Gasteiger partial charge in [-0.2, -0.15) is 0 Å². The van der Waals surface area contributed by atoms with Gasteiger partial charge in [-0.05, 0) is 109 Å². The van der Waals surface area contributed by atoms with Crippen molar-refractivity contribution < 1.29 is 28.6 Å². The molecular weight excluding hydrogens is 817 g/mol. The fourth-order valence-electron chi connectivity index (χ4n) is 6.79. The van der Waals surface area contributed by atoms with Crippen molar-refractivity contribution in [2.24, 2.45) is 0 Å². The van der Waals surface area contributed by atoms with E-state index in [9.17, 15) is 14.4 Å². The van der Waals surface area contributed by atoms with Crippen molar-refractivity contribution in [2.45, 2.75) is 226 Å². The summed E-state index contributed by atoms with van der Waals surface area (Å²) in [6.07, 6.45) is 73.6. The maximum Gasteiger partial charge on any atom is 0.306 e. The highest BCUT2D eigenvalue weighted by Crippen LogP contribution is 2.13. The molecule has 0 N–H and O–H groups in total. The third-order valence-corrected chi connectivity index (χ3v) is 10.7. The molecule has 0 saturated carbocycles. The topological polar surface area (TPSA) is 78.9 Å². The Bertz CT molecular complexity index is 1420. The Morgan fingerprint density at radius 3 is 0.939 bits per heavy atom. The Hall–Kier alpha value is -4.19. The lowest BCUT2D eigenvalue weighted by Crippen LogP contribution is -2.30. The van der Waals surface area contributed by atoms with Gasteiger partial charge in [-0.25, -0.2) is 0 Å². The molecule has 0 fully saturated rings. The second-order valence-electron chi connectivity index (χ2n) is 17.0. The van der Waals surface area contributed by atoms with Crippen LogP contribution in [0.1, 0.15) is 220 Å². The van der Waals surface area contributed by atoms with Gasteiger partial charge < -0.3 is 14.2 Å². The molecular formula is C60H96O6.